The average molecular weight is 301 g/mol. The van der Waals surface area contributed by atoms with Crippen LogP contribution in [0.25, 0.3) is 0 Å². The summed E-state index contributed by atoms with van der Waals surface area (Å²) in [7, 11) is 2.02. The molecule has 5 heteroatoms. The normalized spacial score (nSPS) is 19.9. The summed E-state index contributed by atoms with van der Waals surface area (Å²) in [4.78, 5) is 13.6. The molecule has 2 heterocycles. The lowest BCUT2D eigenvalue weighted by Gasteiger charge is -2.21. The van der Waals surface area contributed by atoms with Crippen LogP contribution < -0.4 is 10.6 Å². The molecule has 2 fully saturated rings. The molecule has 1 saturated carbocycles. The molecule has 120 valence electrons. The van der Waals surface area contributed by atoms with Crippen molar-refractivity contribution >= 4 is 11.8 Å². The molecule has 1 aromatic heterocycles. The van der Waals surface area contributed by atoms with E-state index < -0.39 is 0 Å². The summed E-state index contributed by atoms with van der Waals surface area (Å²) < 4.78 is 0. The third-order valence-corrected chi connectivity index (χ3v) is 4.62. The van der Waals surface area contributed by atoms with Crippen molar-refractivity contribution in [3.63, 3.8) is 0 Å². The number of rotatable bonds is 4. The number of pyridine rings is 1. The number of anilines is 1. The Morgan fingerprint density at radius 1 is 1.27 bits per heavy atom. The number of hydrogen-bond acceptors (Lipinski definition) is 3. The number of aromatic nitrogens is 1. The summed E-state index contributed by atoms with van der Waals surface area (Å²) in [6.07, 6.45) is 9.65. The van der Waals surface area contributed by atoms with Crippen LogP contribution in [0.5, 0.6) is 0 Å². The maximum atomic E-state index is 6.02. The van der Waals surface area contributed by atoms with Crippen molar-refractivity contribution in [3.05, 3.63) is 23.9 Å². The highest BCUT2D eigenvalue weighted by Crippen LogP contribution is 2.25. The lowest BCUT2D eigenvalue weighted by Crippen LogP contribution is -2.35. The fourth-order valence-electron chi connectivity index (χ4n) is 2.93. The molecule has 5 nitrogen and oxygen atoms in total. The van der Waals surface area contributed by atoms with Gasteiger partial charge in [-0.25, -0.2) is 9.98 Å². The minimum atomic E-state index is 0.604. The van der Waals surface area contributed by atoms with Crippen molar-refractivity contribution in [2.75, 3.05) is 25.0 Å². The van der Waals surface area contributed by atoms with Crippen LogP contribution in [0.1, 0.15) is 44.1 Å². The zero-order chi connectivity index (χ0) is 15.4. The molecule has 0 spiro atoms. The fourth-order valence-corrected chi connectivity index (χ4v) is 2.93. The smallest absolute Gasteiger partial charge is 0.191 e. The molecule has 22 heavy (non-hydrogen) atoms. The van der Waals surface area contributed by atoms with Gasteiger partial charge in [0, 0.05) is 32.4 Å². The van der Waals surface area contributed by atoms with E-state index in [0.717, 1.165) is 24.5 Å². The number of nitrogens with zero attached hydrogens (tertiary/aromatic N) is 4. The van der Waals surface area contributed by atoms with Gasteiger partial charge in [0.25, 0.3) is 0 Å². The van der Waals surface area contributed by atoms with Crippen LogP contribution in [0.3, 0.4) is 0 Å². The molecule has 0 unspecified atom stereocenters. The monoisotopic (exact) mass is 301 g/mol. The zero-order valence-electron chi connectivity index (χ0n) is 13.5. The number of hydrogen-bond donors (Lipinski definition) is 1. The van der Waals surface area contributed by atoms with E-state index in [2.05, 4.69) is 31.9 Å². The molecule has 2 N–H and O–H groups in total. The molecule has 0 bridgehead atoms. The Bertz CT molecular complexity index is 498. The molecule has 1 aliphatic carbocycles. The van der Waals surface area contributed by atoms with Gasteiger partial charge >= 0.3 is 0 Å². The van der Waals surface area contributed by atoms with E-state index in [-0.39, 0.29) is 0 Å². The molecule has 1 saturated heterocycles. The Kier molecular flexibility index (Phi) is 4.80. The van der Waals surface area contributed by atoms with E-state index in [9.17, 15) is 0 Å². The Hall–Kier alpha value is -1.78. The second kappa shape index (κ2) is 6.99. The van der Waals surface area contributed by atoms with Crippen LogP contribution in [-0.4, -0.2) is 42.0 Å². The van der Waals surface area contributed by atoms with Gasteiger partial charge in [-0.15, -0.1) is 0 Å². The predicted octanol–water partition coefficient (Wildman–Crippen LogP) is 2.37. The quantitative estimate of drug-likeness (QED) is 0.685. The summed E-state index contributed by atoms with van der Waals surface area (Å²) >= 11 is 0. The molecule has 0 radical (unpaired) electrons. The molecule has 0 amide bonds. The highest BCUT2D eigenvalue weighted by atomic mass is 15.3. The first-order valence-corrected chi connectivity index (χ1v) is 8.46. The largest absolute Gasteiger partial charge is 0.370 e. The van der Waals surface area contributed by atoms with Gasteiger partial charge < -0.3 is 15.5 Å². The van der Waals surface area contributed by atoms with Crippen molar-refractivity contribution < 1.29 is 0 Å². The van der Waals surface area contributed by atoms with Gasteiger partial charge in [0.2, 0.25) is 0 Å². The van der Waals surface area contributed by atoms with Gasteiger partial charge in [-0.3, -0.25) is 0 Å². The van der Waals surface area contributed by atoms with Gasteiger partial charge in [0.15, 0.2) is 5.96 Å². The Labute approximate surface area is 133 Å². The number of guanidine groups is 1. The average Bonchev–Trinajstić information content (AvgIpc) is 3.38. The van der Waals surface area contributed by atoms with Crippen LogP contribution >= 0.6 is 0 Å². The van der Waals surface area contributed by atoms with Gasteiger partial charge in [-0.05, 0) is 37.3 Å². The molecule has 0 aromatic carbocycles. The third-order valence-electron chi connectivity index (χ3n) is 4.62. The Morgan fingerprint density at radius 2 is 2.00 bits per heavy atom. The summed E-state index contributed by atoms with van der Waals surface area (Å²) in [5.74, 6) is 1.73. The molecule has 1 aromatic rings. The first-order valence-electron chi connectivity index (χ1n) is 8.46. The highest BCUT2D eigenvalue weighted by Gasteiger charge is 2.27. The van der Waals surface area contributed by atoms with Crippen LogP contribution in [0, 0.1) is 0 Å². The molecule has 0 atom stereocenters. The molecular formula is C17H27N5. The van der Waals surface area contributed by atoms with E-state index >= 15 is 0 Å². The second-order valence-corrected chi connectivity index (χ2v) is 6.44. The van der Waals surface area contributed by atoms with E-state index in [1.165, 1.54) is 38.5 Å². The van der Waals surface area contributed by atoms with Crippen LogP contribution in [0.2, 0.25) is 0 Å². The fraction of sp³-hybridized carbons (Fsp3) is 0.647. The van der Waals surface area contributed by atoms with Crippen molar-refractivity contribution in [2.45, 2.75) is 51.1 Å². The van der Waals surface area contributed by atoms with E-state index in [4.69, 9.17) is 5.73 Å². The minimum Gasteiger partial charge on any atom is -0.370 e. The summed E-state index contributed by atoms with van der Waals surface area (Å²) in [6.45, 7) is 2.86. The van der Waals surface area contributed by atoms with Gasteiger partial charge in [-0.2, -0.15) is 0 Å². The van der Waals surface area contributed by atoms with Crippen LogP contribution in [0.15, 0.2) is 23.3 Å². The topological polar surface area (TPSA) is 57.8 Å². The third kappa shape index (κ3) is 3.90. The van der Waals surface area contributed by atoms with Crippen molar-refractivity contribution in [1.29, 1.82) is 0 Å². The molecule has 3 rings (SSSR count). The zero-order valence-corrected chi connectivity index (χ0v) is 13.5. The van der Waals surface area contributed by atoms with Gasteiger partial charge in [0.1, 0.15) is 5.82 Å². The lowest BCUT2D eigenvalue weighted by molar-refractivity contribution is 0.487. The van der Waals surface area contributed by atoms with E-state index in [0.29, 0.717) is 18.5 Å². The Balaban J connectivity index is 1.57. The van der Waals surface area contributed by atoms with E-state index in [1.54, 1.807) is 0 Å². The first kappa shape index (κ1) is 15.1. The van der Waals surface area contributed by atoms with Gasteiger partial charge in [0.05, 0.1) is 6.54 Å². The van der Waals surface area contributed by atoms with Crippen LogP contribution in [0.4, 0.5) is 5.82 Å². The maximum absolute atomic E-state index is 6.02. The first-order chi connectivity index (χ1) is 10.7. The number of nitrogens with two attached hydrogens (primary N) is 1. The van der Waals surface area contributed by atoms with Crippen molar-refractivity contribution in [3.8, 4) is 0 Å². The standard InChI is InChI=1S/C17H27N5/c1-21(15-7-8-15)17(18)20-13-14-6-9-16(19-12-14)22-10-4-2-3-5-11-22/h6,9,12,15H,2-5,7-8,10-11,13H2,1H3,(H2,18,20). The molecule has 2 aliphatic rings. The van der Waals surface area contributed by atoms with Gasteiger partial charge in [-0.1, -0.05) is 18.9 Å². The highest BCUT2D eigenvalue weighted by molar-refractivity contribution is 5.78. The van der Waals surface area contributed by atoms with Crippen molar-refractivity contribution in [1.82, 2.24) is 9.88 Å². The molecule has 1 aliphatic heterocycles. The Morgan fingerprint density at radius 3 is 2.59 bits per heavy atom. The molecular weight excluding hydrogens is 274 g/mol. The summed E-state index contributed by atoms with van der Waals surface area (Å²) in [5, 5.41) is 0. The minimum absolute atomic E-state index is 0.604. The summed E-state index contributed by atoms with van der Waals surface area (Å²) in [6, 6.07) is 4.85. The second-order valence-electron chi connectivity index (χ2n) is 6.44. The SMILES string of the molecule is CN(C(N)=NCc1ccc(N2CCCCCC2)nc1)C1CC1. The van der Waals surface area contributed by atoms with E-state index in [1.807, 2.05) is 13.2 Å². The predicted molar refractivity (Wildman–Crippen MR) is 91.0 cm³/mol. The lowest BCUT2D eigenvalue weighted by atomic mass is 10.2. The van der Waals surface area contributed by atoms with Crippen molar-refractivity contribution in [2.24, 2.45) is 10.7 Å². The maximum Gasteiger partial charge on any atom is 0.191 e. The van der Waals surface area contributed by atoms with Crippen LogP contribution in [-0.2, 0) is 6.54 Å². The number of aliphatic imine (C=N–C) groups is 1. The summed E-state index contributed by atoms with van der Waals surface area (Å²) in [5.41, 5.74) is 7.13.